The smallest absolute Gasteiger partial charge is 0.332 e. The Hall–Kier alpha value is -4.60. The van der Waals surface area contributed by atoms with Crippen molar-refractivity contribution in [3.8, 4) is 10.6 Å². The molecule has 1 N–H and O–H groups in total. The number of aromatic nitrogens is 8. The van der Waals surface area contributed by atoms with Crippen molar-refractivity contribution in [3.63, 3.8) is 0 Å². The van der Waals surface area contributed by atoms with Gasteiger partial charge in [-0.3, -0.25) is 19.1 Å². The summed E-state index contributed by atoms with van der Waals surface area (Å²) < 4.78 is 36.3. The maximum Gasteiger partial charge on any atom is 0.332 e. The number of amides is 1. The van der Waals surface area contributed by atoms with Crippen LogP contribution in [0.1, 0.15) is 29.9 Å². The molecule has 0 aromatic carbocycles. The van der Waals surface area contributed by atoms with E-state index >= 15 is 0 Å². The van der Waals surface area contributed by atoms with E-state index in [9.17, 15) is 23.2 Å². The number of carbonyl (C=O) groups is 1. The highest BCUT2D eigenvalue weighted by Gasteiger charge is 2.28. The predicted octanol–water partition coefficient (Wildman–Crippen LogP) is 2.21. The average molecular weight is 558 g/mol. The topological polar surface area (TPSA) is 156 Å². The summed E-state index contributed by atoms with van der Waals surface area (Å²) in [6.07, 6.45) is 2.72. The SMILES string of the molecule is Cc1noc(Cn2c(=O)c3c(ncn3CC(=O)Nc3csc(-c4cnc(C)c(C(C)(F)F)c4)n3)n(C)c2=O)n1. The van der Waals surface area contributed by atoms with E-state index in [1.165, 1.54) is 41.7 Å². The molecule has 0 aliphatic rings. The number of hydrogen-bond acceptors (Lipinski definition) is 10. The van der Waals surface area contributed by atoms with Crippen molar-refractivity contribution in [2.24, 2.45) is 7.05 Å². The normalized spacial score (nSPS) is 11.8. The molecule has 0 bridgehead atoms. The summed E-state index contributed by atoms with van der Waals surface area (Å²) in [5, 5.41) is 8.24. The maximum atomic E-state index is 13.9. The number of thiazole rings is 1. The van der Waals surface area contributed by atoms with E-state index in [4.69, 9.17) is 4.52 Å². The fourth-order valence-corrected chi connectivity index (χ4v) is 4.75. The maximum absolute atomic E-state index is 13.9. The van der Waals surface area contributed by atoms with Crippen molar-refractivity contribution in [2.45, 2.75) is 39.8 Å². The van der Waals surface area contributed by atoms with Crippen molar-refractivity contribution in [1.82, 2.24) is 38.8 Å². The molecule has 0 spiro atoms. The lowest BCUT2D eigenvalue weighted by molar-refractivity contribution is -0.116. The molecule has 0 saturated carbocycles. The zero-order chi connectivity index (χ0) is 28.1. The number of rotatable bonds is 7. The molecule has 5 heterocycles. The number of carbonyl (C=O) groups excluding carboxylic acids is 1. The average Bonchev–Trinajstić information content (AvgIpc) is 3.60. The van der Waals surface area contributed by atoms with Gasteiger partial charge in [-0.05, 0) is 19.9 Å². The molecule has 13 nitrogen and oxygen atoms in total. The molecule has 0 saturated heterocycles. The molecular formula is C23H21F2N9O4S. The van der Waals surface area contributed by atoms with E-state index in [2.05, 4.69) is 30.4 Å². The Morgan fingerprint density at radius 2 is 1.97 bits per heavy atom. The van der Waals surface area contributed by atoms with Gasteiger partial charge in [-0.2, -0.15) is 4.98 Å². The Bertz CT molecular complexity index is 1840. The second kappa shape index (κ2) is 9.61. The van der Waals surface area contributed by atoms with Crippen molar-refractivity contribution in [2.75, 3.05) is 5.32 Å². The number of fused-ring (bicyclic) bond motifs is 1. The number of nitrogens with one attached hydrogen (secondary N) is 1. The van der Waals surface area contributed by atoms with Crippen LogP contribution in [0, 0.1) is 13.8 Å². The Balaban J connectivity index is 1.39. The summed E-state index contributed by atoms with van der Waals surface area (Å²) in [5.41, 5.74) is -0.789. The minimum atomic E-state index is -3.07. The molecule has 5 aromatic heterocycles. The first-order chi connectivity index (χ1) is 18.4. The van der Waals surface area contributed by atoms with Crippen LogP contribution >= 0.6 is 11.3 Å². The number of halogens is 2. The molecule has 0 unspecified atom stereocenters. The summed E-state index contributed by atoms with van der Waals surface area (Å²) in [5.74, 6) is -2.97. The van der Waals surface area contributed by atoms with Crippen LogP contribution in [0.3, 0.4) is 0 Å². The molecule has 0 atom stereocenters. The van der Waals surface area contributed by atoms with Gasteiger partial charge in [0, 0.05) is 42.4 Å². The molecule has 5 rings (SSSR count). The third kappa shape index (κ3) is 4.97. The Kier molecular flexibility index (Phi) is 6.41. The van der Waals surface area contributed by atoms with Crippen molar-refractivity contribution in [1.29, 1.82) is 0 Å². The molecule has 0 fully saturated rings. The van der Waals surface area contributed by atoms with Gasteiger partial charge in [0.1, 0.15) is 23.9 Å². The number of alkyl halides is 2. The van der Waals surface area contributed by atoms with E-state index in [1.54, 1.807) is 12.3 Å². The monoisotopic (exact) mass is 557 g/mol. The molecule has 202 valence electrons. The summed E-state index contributed by atoms with van der Waals surface area (Å²) in [7, 11) is 1.45. The standard InChI is InChI=1S/C23H21F2N9O4S/c1-11-14(23(3,24)25)5-13(6-26-11)20-30-15(9-39-20)29-16(35)7-33-10-27-19-18(33)21(36)34(22(37)32(19)4)8-17-28-12(2)31-38-17/h5-6,9-10H,7-8H2,1-4H3,(H,29,35). The van der Waals surface area contributed by atoms with E-state index in [0.29, 0.717) is 16.4 Å². The zero-order valence-electron chi connectivity index (χ0n) is 21.1. The zero-order valence-corrected chi connectivity index (χ0v) is 21.9. The van der Waals surface area contributed by atoms with Gasteiger partial charge in [0.05, 0.1) is 6.33 Å². The molecule has 0 aliphatic carbocycles. The fourth-order valence-electron chi connectivity index (χ4n) is 4.02. The van der Waals surface area contributed by atoms with Crippen LogP contribution in [0.2, 0.25) is 0 Å². The summed E-state index contributed by atoms with van der Waals surface area (Å²) in [6.45, 7) is 3.35. The van der Waals surface area contributed by atoms with Crippen molar-refractivity contribution in [3.05, 3.63) is 67.8 Å². The lowest BCUT2D eigenvalue weighted by Crippen LogP contribution is -2.40. The highest BCUT2D eigenvalue weighted by Crippen LogP contribution is 2.33. The van der Waals surface area contributed by atoms with Crippen LogP contribution in [-0.4, -0.2) is 44.7 Å². The number of imidazole rings is 1. The summed E-state index contributed by atoms with van der Waals surface area (Å²) in [4.78, 5) is 55.3. The van der Waals surface area contributed by atoms with Crippen LogP contribution in [0.15, 0.2) is 38.1 Å². The van der Waals surface area contributed by atoms with Gasteiger partial charge in [-0.25, -0.2) is 28.1 Å². The van der Waals surface area contributed by atoms with Crippen molar-refractivity contribution < 1.29 is 18.1 Å². The van der Waals surface area contributed by atoms with Crippen LogP contribution in [0.25, 0.3) is 21.7 Å². The van der Waals surface area contributed by atoms with Crippen LogP contribution < -0.4 is 16.6 Å². The first-order valence-corrected chi connectivity index (χ1v) is 12.3. The first kappa shape index (κ1) is 26.0. The second-order valence-corrected chi connectivity index (χ2v) is 9.70. The van der Waals surface area contributed by atoms with E-state index < -0.39 is 23.1 Å². The lowest BCUT2D eigenvalue weighted by Gasteiger charge is -2.13. The van der Waals surface area contributed by atoms with E-state index in [1.807, 2.05) is 0 Å². The summed E-state index contributed by atoms with van der Waals surface area (Å²) >= 11 is 1.15. The lowest BCUT2D eigenvalue weighted by atomic mass is 10.1. The molecule has 16 heteroatoms. The molecule has 0 radical (unpaired) electrons. The van der Waals surface area contributed by atoms with Gasteiger partial charge in [-0.1, -0.05) is 5.16 Å². The third-order valence-electron chi connectivity index (χ3n) is 5.86. The number of anilines is 1. The quantitative estimate of drug-likeness (QED) is 0.317. The van der Waals surface area contributed by atoms with Gasteiger partial charge in [0.2, 0.25) is 11.8 Å². The van der Waals surface area contributed by atoms with Crippen molar-refractivity contribution >= 4 is 34.2 Å². The number of pyridine rings is 1. The predicted molar refractivity (Wildman–Crippen MR) is 136 cm³/mol. The minimum Gasteiger partial charge on any atom is -0.337 e. The first-order valence-electron chi connectivity index (χ1n) is 11.5. The molecule has 0 aliphatic heterocycles. The number of hydrogen-bond donors (Lipinski definition) is 1. The van der Waals surface area contributed by atoms with Gasteiger partial charge >= 0.3 is 5.69 Å². The molecule has 1 amide bonds. The van der Waals surface area contributed by atoms with Crippen LogP contribution in [0.4, 0.5) is 14.6 Å². The van der Waals surface area contributed by atoms with Crippen LogP contribution in [-0.2, 0) is 30.9 Å². The Morgan fingerprint density at radius 3 is 2.67 bits per heavy atom. The van der Waals surface area contributed by atoms with Gasteiger partial charge < -0.3 is 14.4 Å². The third-order valence-corrected chi connectivity index (χ3v) is 6.75. The Morgan fingerprint density at radius 1 is 1.21 bits per heavy atom. The highest BCUT2D eigenvalue weighted by atomic mass is 32.1. The number of nitrogens with zero attached hydrogens (tertiary/aromatic N) is 8. The second-order valence-electron chi connectivity index (χ2n) is 8.84. The van der Waals surface area contributed by atoms with Gasteiger partial charge in [0.15, 0.2) is 17.0 Å². The van der Waals surface area contributed by atoms with Gasteiger partial charge in [0.25, 0.3) is 11.5 Å². The molecule has 5 aromatic rings. The highest BCUT2D eigenvalue weighted by molar-refractivity contribution is 7.13. The van der Waals surface area contributed by atoms with E-state index in [-0.39, 0.29) is 47.2 Å². The molecule has 39 heavy (non-hydrogen) atoms. The minimum absolute atomic E-state index is 0.0289. The van der Waals surface area contributed by atoms with Crippen LogP contribution in [0.5, 0.6) is 0 Å². The van der Waals surface area contributed by atoms with Gasteiger partial charge in [-0.15, -0.1) is 11.3 Å². The summed E-state index contributed by atoms with van der Waals surface area (Å²) in [6, 6.07) is 1.33. The van der Waals surface area contributed by atoms with E-state index in [0.717, 1.165) is 22.8 Å². The Labute approximate surface area is 221 Å². The molecular weight excluding hydrogens is 536 g/mol. The fraction of sp³-hybridized carbons (Fsp3) is 0.304. The largest absolute Gasteiger partial charge is 0.337 e. The number of aryl methyl sites for hydroxylation is 3.